The maximum absolute atomic E-state index is 13.8. The number of aromatic amines is 1. The first-order chi connectivity index (χ1) is 22.2. The third-order valence-electron chi connectivity index (χ3n) is 7.22. The molecule has 1 aromatic carbocycles. The van der Waals surface area contributed by atoms with Crippen molar-refractivity contribution in [3.05, 3.63) is 41.0 Å². The average Bonchev–Trinajstić information content (AvgIpc) is 3.37. The summed E-state index contributed by atoms with van der Waals surface area (Å²) in [5.74, 6) is -5.39. The van der Waals surface area contributed by atoms with Gasteiger partial charge in [0.15, 0.2) is 12.3 Å². The lowest BCUT2D eigenvalue weighted by Gasteiger charge is -2.30. The smallest absolute Gasteiger partial charge is 0.423 e. The van der Waals surface area contributed by atoms with Crippen LogP contribution in [0.1, 0.15) is 47.2 Å². The first-order valence-electron chi connectivity index (χ1n) is 13.9. The SMILES string of the molecule is O=C(NC1CCC(C(F)(F)F)CC1)c1cc2[nH]c(Nc3cc(CNC(=O)C(O)C(F)(F)F)ccc3C(F)(F)F)nc2nc1OCC(F)F. The van der Waals surface area contributed by atoms with Crippen molar-refractivity contribution >= 4 is 34.6 Å². The Morgan fingerprint density at radius 1 is 0.979 bits per heavy atom. The van der Waals surface area contributed by atoms with E-state index < -0.39 is 96.6 Å². The molecule has 4 rings (SSSR count). The number of nitrogens with one attached hydrogen (secondary N) is 4. The van der Waals surface area contributed by atoms with E-state index in [2.05, 4.69) is 25.6 Å². The highest BCUT2D eigenvalue weighted by molar-refractivity contribution is 5.99. The number of aliphatic hydroxyl groups is 1. The minimum absolute atomic E-state index is 0.0237. The van der Waals surface area contributed by atoms with Crippen molar-refractivity contribution in [3.63, 3.8) is 0 Å². The Bertz CT molecular complexity index is 1620. The summed E-state index contributed by atoms with van der Waals surface area (Å²) in [5, 5.41) is 15.6. The number of hydrogen-bond acceptors (Lipinski definition) is 7. The maximum atomic E-state index is 13.8. The van der Waals surface area contributed by atoms with Gasteiger partial charge in [0, 0.05) is 12.6 Å². The zero-order valence-corrected chi connectivity index (χ0v) is 24.1. The second kappa shape index (κ2) is 14.0. The van der Waals surface area contributed by atoms with Gasteiger partial charge in [0.05, 0.1) is 22.7 Å². The van der Waals surface area contributed by atoms with E-state index in [0.717, 1.165) is 18.2 Å². The number of aromatic nitrogens is 3. The Morgan fingerprint density at radius 3 is 2.23 bits per heavy atom. The monoisotopic (exact) mass is 706 g/mol. The van der Waals surface area contributed by atoms with E-state index in [9.17, 15) is 57.9 Å². The minimum Gasteiger partial charge on any atom is -0.471 e. The van der Waals surface area contributed by atoms with E-state index in [1.165, 1.54) is 0 Å². The molecule has 1 atom stereocenters. The standard InChI is InChI=1S/C27H25F11N6O4/c28-18(29)10-48-23-14(21(46)40-13-4-2-12(3-5-13)25(30,31)32)8-17-20(43-23)44-24(42-17)41-16-7-11(1-6-15(16)26(33,34)35)9-39-22(47)19(45)27(36,37)38/h1,6-8,12-13,18-19,45H,2-5,9-10H2,(H,39,47)(H,40,46)(H2,41,42,43,44). The Morgan fingerprint density at radius 2 is 1.65 bits per heavy atom. The fourth-order valence-corrected chi connectivity index (χ4v) is 4.84. The molecule has 48 heavy (non-hydrogen) atoms. The molecule has 0 saturated heterocycles. The number of hydrogen-bond donors (Lipinski definition) is 5. The lowest BCUT2D eigenvalue weighted by Crippen LogP contribution is -2.43. The van der Waals surface area contributed by atoms with Crippen LogP contribution in [0.25, 0.3) is 11.2 Å². The summed E-state index contributed by atoms with van der Waals surface area (Å²) in [7, 11) is 0. The molecule has 10 nitrogen and oxygen atoms in total. The van der Waals surface area contributed by atoms with Gasteiger partial charge in [-0.1, -0.05) is 6.07 Å². The highest BCUT2D eigenvalue weighted by Gasteiger charge is 2.44. The van der Waals surface area contributed by atoms with E-state index in [0.29, 0.717) is 6.07 Å². The summed E-state index contributed by atoms with van der Waals surface area (Å²) in [6, 6.07) is 2.60. The van der Waals surface area contributed by atoms with E-state index in [4.69, 9.17) is 9.84 Å². The lowest BCUT2D eigenvalue weighted by atomic mass is 9.85. The van der Waals surface area contributed by atoms with Crippen molar-refractivity contribution in [2.45, 2.75) is 69.3 Å². The Kier molecular flexibility index (Phi) is 10.6. The van der Waals surface area contributed by atoms with Crippen LogP contribution in [-0.4, -0.2) is 69.4 Å². The number of nitrogens with zero attached hydrogens (tertiary/aromatic N) is 2. The second-order valence-corrected chi connectivity index (χ2v) is 10.7. The number of carbonyl (C=O) groups excluding carboxylic acids is 2. The van der Waals surface area contributed by atoms with Crippen LogP contribution < -0.4 is 20.7 Å². The van der Waals surface area contributed by atoms with Crippen molar-refractivity contribution in [2.24, 2.45) is 5.92 Å². The quantitative estimate of drug-likeness (QED) is 0.169. The molecular weight excluding hydrogens is 681 g/mol. The number of halogens is 11. The van der Waals surface area contributed by atoms with Gasteiger partial charge in [-0.05, 0) is 49.4 Å². The van der Waals surface area contributed by atoms with Gasteiger partial charge in [-0.3, -0.25) is 9.59 Å². The number of rotatable bonds is 10. The largest absolute Gasteiger partial charge is 0.471 e. The molecule has 0 bridgehead atoms. The molecule has 2 amide bonds. The predicted molar refractivity (Wildman–Crippen MR) is 143 cm³/mol. The highest BCUT2D eigenvalue weighted by Crippen LogP contribution is 2.38. The van der Waals surface area contributed by atoms with E-state index >= 15 is 0 Å². The van der Waals surface area contributed by atoms with Gasteiger partial charge >= 0.3 is 18.5 Å². The first kappa shape index (κ1) is 36.4. The predicted octanol–water partition coefficient (Wildman–Crippen LogP) is 5.75. The van der Waals surface area contributed by atoms with Crippen LogP contribution in [0.2, 0.25) is 0 Å². The zero-order valence-electron chi connectivity index (χ0n) is 24.1. The maximum Gasteiger partial charge on any atom is 0.423 e. The normalized spacial score (nSPS) is 18.1. The Labute approximate surface area is 262 Å². The van der Waals surface area contributed by atoms with Gasteiger partial charge in [-0.15, -0.1) is 0 Å². The number of amides is 2. The number of anilines is 2. The number of ether oxygens (including phenoxy) is 1. The summed E-state index contributed by atoms with van der Waals surface area (Å²) in [6.07, 6.45) is -21.6. The van der Waals surface area contributed by atoms with Crippen molar-refractivity contribution in [1.82, 2.24) is 25.6 Å². The van der Waals surface area contributed by atoms with Gasteiger partial charge < -0.3 is 30.8 Å². The lowest BCUT2D eigenvalue weighted by molar-refractivity contribution is -0.205. The third kappa shape index (κ3) is 9.13. The van der Waals surface area contributed by atoms with Crippen molar-refractivity contribution in [1.29, 1.82) is 0 Å². The summed E-state index contributed by atoms with van der Waals surface area (Å²) in [6.45, 7) is -1.94. The van der Waals surface area contributed by atoms with Crippen LogP contribution in [0.15, 0.2) is 24.3 Å². The van der Waals surface area contributed by atoms with Crippen LogP contribution >= 0.6 is 0 Å². The fraction of sp³-hybridized carbons (Fsp3) is 0.481. The average molecular weight is 707 g/mol. The van der Waals surface area contributed by atoms with Crippen LogP contribution in [0.3, 0.4) is 0 Å². The molecule has 2 aromatic heterocycles. The molecular formula is C27H25F11N6O4. The summed E-state index contributed by atoms with van der Waals surface area (Å²) in [5.41, 5.74) is -2.96. The molecule has 1 saturated carbocycles. The summed E-state index contributed by atoms with van der Waals surface area (Å²) >= 11 is 0. The number of pyridine rings is 1. The molecule has 1 aliphatic carbocycles. The molecule has 0 spiro atoms. The van der Waals surface area contributed by atoms with Gasteiger partial charge in [0.1, 0.15) is 5.56 Å². The van der Waals surface area contributed by atoms with Crippen LogP contribution in [0.4, 0.5) is 59.9 Å². The summed E-state index contributed by atoms with van der Waals surface area (Å²) in [4.78, 5) is 35.1. The highest BCUT2D eigenvalue weighted by atomic mass is 19.4. The number of aliphatic hydroxyl groups excluding tert-OH is 1. The van der Waals surface area contributed by atoms with E-state index in [1.807, 2.05) is 0 Å². The number of alkyl halides is 11. The fourth-order valence-electron chi connectivity index (χ4n) is 4.84. The molecule has 1 unspecified atom stereocenters. The van der Waals surface area contributed by atoms with E-state index in [-0.39, 0.29) is 42.4 Å². The molecule has 0 radical (unpaired) electrons. The number of carbonyl (C=O) groups is 2. The molecule has 0 aliphatic heterocycles. The third-order valence-corrected chi connectivity index (χ3v) is 7.22. The Balaban J connectivity index is 1.59. The second-order valence-electron chi connectivity index (χ2n) is 10.7. The van der Waals surface area contributed by atoms with Crippen LogP contribution in [0, 0.1) is 5.92 Å². The van der Waals surface area contributed by atoms with Crippen LogP contribution in [0.5, 0.6) is 5.88 Å². The first-order valence-corrected chi connectivity index (χ1v) is 13.9. The number of fused-ring (bicyclic) bond motifs is 1. The molecule has 3 aromatic rings. The topological polar surface area (TPSA) is 141 Å². The van der Waals surface area contributed by atoms with Gasteiger partial charge in [0.2, 0.25) is 17.9 Å². The van der Waals surface area contributed by atoms with Crippen molar-refractivity contribution < 1.29 is 67.7 Å². The Hall–Kier alpha value is -4.43. The number of H-pyrrole nitrogens is 1. The minimum atomic E-state index is -5.28. The number of imidazole rings is 1. The zero-order chi connectivity index (χ0) is 35.6. The van der Waals surface area contributed by atoms with Gasteiger partial charge in [-0.25, -0.2) is 8.78 Å². The molecule has 264 valence electrons. The van der Waals surface area contributed by atoms with Gasteiger partial charge in [-0.2, -0.15) is 49.5 Å². The molecule has 5 N–H and O–H groups in total. The molecule has 1 aliphatic rings. The molecule has 2 heterocycles. The van der Waals surface area contributed by atoms with E-state index in [1.54, 1.807) is 5.32 Å². The molecule has 1 fully saturated rings. The van der Waals surface area contributed by atoms with Crippen LogP contribution in [-0.2, 0) is 17.5 Å². The summed E-state index contributed by atoms with van der Waals surface area (Å²) < 4.78 is 149. The molecule has 21 heteroatoms. The number of benzene rings is 1. The van der Waals surface area contributed by atoms with Gasteiger partial charge in [0.25, 0.3) is 18.2 Å². The van der Waals surface area contributed by atoms with Crippen molar-refractivity contribution in [3.8, 4) is 5.88 Å². The van der Waals surface area contributed by atoms with Crippen molar-refractivity contribution in [2.75, 3.05) is 11.9 Å².